The van der Waals surface area contributed by atoms with E-state index in [-0.39, 0.29) is 11.6 Å². The highest BCUT2D eigenvalue weighted by Gasteiger charge is 2.13. The van der Waals surface area contributed by atoms with E-state index in [2.05, 4.69) is 31.4 Å². The van der Waals surface area contributed by atoms with E-state index in [4.69, 9.17) is 0 Å². The Balaban J connectivity index is 1.53. The number of benzene rings is 1. The quantitative estimate of drug-likeness (QED) is 0.492. The number of aromatic nitrogens is 5. The number of nitrogens with one attached hydrogen (secondary N) is 2. The Bertz CT molecular complexity index is 1390. The van der Waals surface area contributed by atoms with Gasteiger partial charge in [0.2, 0.25) is 0 Å². The molecular formula is C21H15FN6O. The van der Waals surface area contributed by atoms with Crippen molar-refractivity contribution in [1.29, 1.82) is 0 Å². The van der Waals surface area contributed by atoms with Crippen molar-refractivity contribution >= 4 is 33.5 Å². The van der Waals surface area contributed by atoms with Crippen molar-refractivity contribution in [1.82, 2.24) is 24.7 Å². The average molecular weight is 386 g/mol. The van der Waals surface area contributed by atoms with Gasteiger partial charge >= 0.3 is 0 Å². The third kappa shape index (κ3) is 3.10. The number of rotatable bonds is 3. The predicted molar refractivity (Wildman–Crippen MR) is 108 cm³/mol. The van der Waals surface area contributed by atoms with Crippen molar-refractivity contribution in [3.8, 4) is 11.1 Å². The summed E-state index contributed by atoms with van der Waals surface area (Å²) in [5, 5.41) is 8.88. The van der Waals surface area contributed by atoms with Crippen LogP contribution in [0, 0.1) is 5.82 Å². The van der Waals surface area contributed by atoms with E-state index in [1.807, 2.05) is 31.6 Å². The summed E-state index contributed by atoms with van der Waals surface area (Å²) in [5.41, 5.74) is 4.16. The first-order valence-corrected chi connectivity index (χ1v) is 8.90. The maximum Gasteiger partial charge on any atom is 0.257 e. The normalized spacial score (nSPS) is 11.2. The highest BCUT2D eigenvalue weighted by molar-refractivity contribution is 6.07. The molecule has 8 heteroatoms. The SMILES string of the molecule is Cn1cc2cc(-c3c[nH]c4ncc(C(=O)Nc5cncc(F)c5)cc34)ccc2n1. The number of nitrogens with zero attached hydrogens (tertiary/aromatic N) is 4. The van der Waals surface area contributed by atoms with Crippen LogP contribution < -0.4 is 5.32 Å². The third-order valence-electron chi connectivity index (χ3n) is 4.69. The number of aryl methyl sites for hydroxylation is 1. The van der Waals surface area contributed by atoms with Crippen molar-refractivity contribution < 1.29 is 9.18 Å². The molecule has 7 nitrogen and oxygen atoms in total. The second-order valence-corrected chi connectivity index (χ2v) is 6.74. The molecule has 2 N–H and O–H groups in total. The van der Waals surface area contributed by atoms with Crippen LogP contribution >= 0.6 is 0 Å². The fourth-order valence-electron chi connectivity index (χ4n) is 3.37. The number of carbonyl (C=O) groups excluding carboxylic acids is 1. The molecule has 0 bridgehead atoms. The van der Waals surface area contributed by atoms with Gasteiger partial charge in [0.1, 0.15) is 11.5 Å². The Morgan fingerprint density at radius 3 is 2.93 bits per heavy atom. The number of carbonyl (C=O) groups is 1. The Kier molecular flexibility index (Phi) is 3.83. The molecular weight excluding hydrogens is 371 g/mol. The van der Waals surface area contributed by atoms with E-state index in [1.54, 1.807) is 10.7 Å². The zero-order valence-electron chi connectivity index (χ0n) is 15.3. The van der Waals surface area contributed by atoms with Gasteiger partial charge in [-0.25, -0.2) is 9.37 Å². The lowest BCUT2D eigenvalue weighted by molar-refractivity contribution is 0.102. The van der Waals surface area contributed by atoms with Gasteiger partial charge in [0.25, 0.3) is 5.91 Å². The summed E-state index contributed by atoms with van der Waals surface area (Å²) in [6.07, 6.45) is 7.77. The van der Waals surface area contributed by atoms with Gasteiger partial charge in [-0.2, -0.15) is 5.10 Å². The second kappa shape index (κ2) is 6.52. The predicted octanol–water partition coefficient (Wildman–Crippen LogP) is 3.90. The summed E-state index contributed by atoms with van der Waals surface area (Å²) in [6.45, 7) is 0. The van der Waals surface area contributed by atoms with Gasteiger partial charge in [-0.15, -0.1) is 0 Å². The van der Waals surface area contributed by atoms with Crippen molar-refractivity contribution in [2.45, 2.75) is 0 Å². The summed E-state index contributed by atoms with van der Waals surface area (Å²) in [6, 6.07) is 8.98. The zero-order chi connectivity index (χ0) is 20.0. The van der Waals surface area contributed by atoms with Crippen LogP contribution in [0.15, 0.2) is 61.3 Å². The first kappa shape index (κ1) is 17.1. The van der Waals surface area contributed by atoms with E-state index < -0.39 is 5.82 Å². The smallest absolute Gasteiger partial charge is 0.257 e. The summed E-state index contributed by atoms with van der Waals surface area (Å²) in [7, 11) is 1.88. The molecule has 0 fully saturated rings. The molecule has 0 saturated carbocycles. The van der Waals surface area contributed by atoms with Crippen LogP contribution in [-0.4, -0.2) is 30.6 Å². The first-order chi connectivity index (χ1) is 14.1. The maximum absolute atomic E-state index is 13.3. The van der Waals surface area contributed by atoms with E-state index in [0.29, 0.717) is 11.2 Å². The molecule has 0 radical (unpaired) electrons. The monoisotopic (exact) mass is 386 g/mol. The number of pyridine rings is 2. The Morgan fingerprint density at radius 1 is 1.17 bits per heavy atom. The minimum Gasteiger partial charge on any atom is -0.346 e. The molecule has 4 aromatic heterocycles. The third-order valence-corrected chi connectivity index (χ3v) is 4.69. The van der Waals surface area contributed by atoms with Crippen LogP contribution in [-0.2, 0) is 7.05 Å². The molecule has 0 aliphatic rings. The minimum atomic E-state index is -0.518. The minimum absolute atomic E-state index is 0.284. The topological polar surface area (TPSA) is 88.5 Å². The van der Waals surface area contributed by atoms with Crippen LogP contribution in [0.4, 0.5) is 10.1 Å². The molecule has 5 aromatic rings. The van der Waals surface area contributed by atoms with E-state index in [9.17, 15) is 9.18 Å². The number of hydrogen-bond acceptors (Lipinski definition) is 4. The number of halogens is 1. The molecule has 142 valence electrons. The number of aromatic amines is 1. The average Bonchev–Trinajstić information content (AvgIpc) is 3.29. The fourth-order valence-corrected chi connectivity index (χ4v) is 3.37. The van der Waals surface area contributed by atoms with Gasteiger partial charge in [-0.05, 0) is 23.8 Å². The Labute approximate surface area is 164 Å². The molecule has 4 heterocycles. The van der Waals surface area contributed by atoms with Gasteiger partial charge in [0.15, 0.2) is 0 Å². The molecule has 0 unspecified atom stereocenters. The number of hydrogen-bond donors (Lipinski definition) is 2. The highest BCUT2D eigenvalue weighted by atomic mass is 19.1. The standard InChI is InChI=1S/C21H15FN6O/c1-28-11-14-4-12(2-3-19(14)27-28)18-10-25-20-17(18)5-13(7-24-20)21(29)26-16-6-15(22)8-23-9-16/h2-11H,1H3,(H,24,25)(H,26,29). The van der Waals surface area contributed by atoms with Gasteiger partial charge < -0.3 is 10.3 Å². The molecule has 1 amide bonds. The van der Waals surface area contributed by atoms with Gasteiger partial charge in [0, 0.05) is 48.0 Å². The van der Waals surface area contributed by atoms with Crippen LogP contribution in [0.1, 0.15) is 10.4 Å². The van der Waals surface area contributed by atoms with Gasteiger partial charge in [0.05, 0.1) is 29.2 Å². The molecule has 0 atom stereocenters. The molecule has 0 saturated heterocycles. The van der Waals surface area contributed by atoms with E-state index >= 15 is 0 Å². The summed E-state index contributed by atoms with van der Waals surface area (Å²) in [5.74, 6) is -0.906. The Hall–Kier alpha value is -4.07. The van der Waals surface area contributed by atoms with Crippen LogP contribution in [0.2, 0.25) is 0 Å². The van der Waals surface area contributed by atoms with Crippen LogP contribution in [0.3, 0.4) is 0 Å². The first-order valence-electron chi connectivity index (χ1n) is 8.90. The lowest BCUT2D eigenvalue weighted by Crippen LogP contribution is -2.12. The van der Waals surface area contributed by atoms with Crippen molar-refractivity contribution in [3.63, 3.8) is 0 Å². The van der Waals surface area contributed by atoms with Crippen LogP contribution in [0.25, 0.3) is 33.1 Å². The van der Waals surface area contributed by atoms with Crippen LogP contribution in [0.5, 0.6) is 0 Å². The maximum atomic E-state index is 13.3. The largest absolute Gasteiger partial charge is 0.346 e. The number of anilines is 1. The fraction of sp³-hybridized carbons (Fsp3) is 0.0476. The number of H-pyrrole nitrogens is 1. The molecule has 0 spiro atoms. The van der Waals surface area contributed by atoms with Crippen molar-refractivity contribution in [2.24, 2.45) is 7.05 Å². The molecule has 29 heavy (non-hydrogen) atoms. The van der Waals surface area contributed by atoms with Crippen molar-refractivity contribution in [2.75, 3.05) is 5.32 Å². The molecule has 0 aliphatic heterocycles. The van der Waals surface area contributed by atoms with Gasteiger partial charge in [-0.1, -0.05) is 6.07 Å². The molecule has 1 aromatic carbocycles. The lowest BCUT2D eigenvalue weighted by Gasteiger charge is -2.05. The van der Waals surface area contributed by atoms with E-state index in [1.165, 1.54) is 18.5 Å². The second-order valence-electron chi connectivity index (χ2n) is 6.74. The van der Waals surface area contributed by atoms with Gasteiger partial charge in [-0.3, -0.25) is 14.5 Å². The lowest BCUT2D eigenvalue weighted by atomic mass is 10.0. The molecule has 5 rings (SSSR count). The highest BCUT2D eigenvalue weighted by Crippen LogP contribution is 2.30. The number of amides is 1. The summed E-state index contributed by atoms with van der Waals surface area (Å²) < 4.78 is 15.1. The van der Waals surface area contributed by atoms with Crippen molar-refractivity contribution in [3.05, 3.63) is 72.7 Å². The zero-order valence-corrected chi connectivity index (χ0v) is 15.3. The Morgan fingerprint density at radius 2 is 2.07 bits per heavy atom. The molecule has 0 aliphatic carbocycles. The summed E-state index contributed by atoms with van der Waals surface area (Å²) in [4.78, 5) is 23.8. The number of fused-ring (bicyclic) bond motifs is 2. The summed E-state index contributed by atoms with van der Waals surface area (Å²) >= 11 is 0. The van der Waals surface area contributed by atoms with E-state index in [0.717, 1.165) is 33.6 Å².